The molecule has 0 saturated carbocycles. The summed E-state index contributed by atoms with van der Waals surface area (Å²) in [6.45, 7) is 4.73. The van der Waals surface area contributed by atoms with E-state index in [-0.39, 0.29) is 50.5 Å². The molecule has 22 nitrogen and oxygen atoms in total. The van der Waals surface area contributed by atoms with Gasteiger partial charge in [0, 0.05) is 46.0 Å². The minimum atomic E-state index is -1.82. The van der Waals surface area contributed by atoms with E-state index in [2.05, 4.69) is 41.9 Å². The van der Waals surface area contributed by atoms with Crippen LogP contribution in [0.15, 0.2) is 18.6 Å². The number of nitrogens with one attached hydrogen (secondary N) is 6. The first-order valence-electron chi connectivity index (χ1n) is 17.9. The van der Waals surface area contributed by atoms with Crippen LogP contribution in [0.1, 0.15) is 63.9 Å². The number of aliphatic hydroxyl groups is 1. The van der Waals surface area contributed by atoms with Gasteiger partial charge in [-0.3, -0.25) is 43.3 Å². The molecule has 0 aromatic carbocycles. The number of hydrogen-bond acceptors (Lipinski definition) is 13. The molecule has 0 spiro atoms. The summed E-state index contributed by atoms with van der Waals surface area (Å²) in [7, 11) is 3.01. The fourth-order valence-corrected chi connectivity index (χ4v) is 5.20. The summed E-state index contributed by atoms with van der Waals surface area (Å²) in [4.78, 5) is 124. The fourth-order valence-electron chi connectivity index (χ4n) is 5.20. The van der Waals surface area contributed by atoms with Crippen molar-refractivity contribution in [3.63, 3.8) is 0 Å². The number of rotatable bonds is 19. The zero-order valence-electron chi connectivity index (χ0n) is 32.4. The van der Waals surface area contributed by atoms with Crippen LogP contribution in [0.3, 0.4) is 0 Å². The Kier molecular flexibility index (Phi) is 18.0. The summed E-state index contributed by atoms with van der Waals surface area (Å²) in [6, 6.07) is -3.64. The van der Waals surface area contributed by atoms with Crippen LogP contribution in [0.2, 0.25) is 0 Å². The van der Waals surface area contributed by atoms with Crippen molar-refractivity contribution in [1.82, 2.24) is 51.7 Å². The molecule has 2 rings (SSSR count). The van der Waals surface area contributed by atoms with Crippen LogP contribution in [0.5, 0.6) is 0 Å². The van der Waals surface area contributed by atoms with Crippen molar-refractivity contribution in [2.75, 3.05) is 46.8 Å². The molecule has 1 aliphatic heterocycles. The van der Waals surface area contributed by atoms with Crippen molar-refractivity contribution in [2.24, 2.45) is 11.7 Å². The molecule has 22 heteroatoms. The lowest BCUT2D eigenvalue weighted by Crippen LogP contribution is -2.57. The predicted molar refractivity (Wildman–Crippen MR) is 196 cm³/mol. The van der Waals surface area contributed by atoms with E-state index in [0.717, 1.165) is 0 Å². The first-order valence-corrected chi connectivity index (χ1v) is 17.9. The van der Waals surface area contributed by atoms with Gasteiger partial charge in [0.05, 0.1) is 43.8 Å². The van der Waals surface area contributed by atoms with Gasteiger partial charge in [-0.05, 0) is 33.6 Å². The van der Waals surface area contributed by atoms with Crippen LogP contribution >= 0.6 is 0 Å². The number of likely N-dealkylation sites (N-methyl/N-ethyl adjacent to an activating group) is 1. The molecule has 56 heavy (non-hydrogen) atoms. The average molecular weight is 792 g/mol. The van der Waals surface area contributed by atoms with Crippen LogP contribution < -0.4 is 37.6 Å². The lowest BCUT2D eigenvalue weighted by atomic mass is 9.99. The van der Waals surface area contributed by atoms with Crippen LogP contribution in [0.4, 0.5) is 4.79 Å². The molecule has 1 aliphatic rings. The van der Waals surface area contributed by atoms with E-state index < -0.39 is 96.3 Å². The van der Waals surface area contributed by atoms with Crippen LogP contribution in [-0.2, 0) is 38.3 Å². The molecule has 0 bridgehead atoms. The van der Waals surface area contributed by atoms with Crippen molar-refractivity contribution in [1.29, 1.82) is 0 Å². The van der Waals surface area contributed by atoms with Crippen LogP contribution in [0.25, 0.3) is 0 Å². The predicted octanol–water partition coefficient (Wildman–Crippen LogP) is -3.73. The van der Waals surface area contributed by atoms with Gasteiger partial charge in [-0.25, -0.2) is 9.78 Å². The third-order valence-electron chi connectivity index (χ3n) is 8.11. The summed E-state index contributed by atoms with van der Waals surface area (Å²) in [6.07, 6.45) is 1.14. The van der Waals surface area contributed by atoms with Gasteiger partial charge in [-0.2, -0.15) is 0 Å². The number of primary amides is 1. The number of amides is 9. The number of carbonyl (C=O) groups is 9. The quantitative estimate of drug-likeness (QED) is 0.0669. The van der Waals surface area contributed by atoms with Gasteiger partial charge in [-0.15, -0.1) is 0 Å². The number of aromatic nitrogens is 2. The Morgan fingerprint density at radius 1 is 0.929 bits per heavy atom. The third-order valence-corrected chi connectivity index (χ3v) is 8.11. The maximum Gasteiger partial charge on any atom is 0.410 e. The van der Waals surface area contributed by atoms with Crippen LogP contribution in [0, 0.1) is 5.92 Å². The maximum absolute atomic E-state index is 13.8. The zero-order chi connectivity index (χ0) is 42.2. The Hall–Kier alpha value is -5.93. The van der Waals surface area contributed by atoms with E-state index in [1.807, 2.05) is 0 Å². The largest absolute Gasteiger partial charge is 0.444 e. The first kappa shape index (κ1) is 46.2. The minimum Gasteiger partial charge on any atom is -0.444 e. The molecule has 9 N–H and O–H groups in total. The summed E-state index contributed by atoms with van der Waals surface area (Å²) in [5.41, 5.74) is 4.33. The summed E-state index contributed by atoms with van der Waals surface area (Å²) in [5, 5.41) is 25.6. The number of hydrogen-bond donors (Lipinski definition) is 8. The molecule has 1 fully saturated rings. The second-order valence-corrected chi connectivity index (χ2v) is 14.1. The Balaban J connectivity index is 2.22. The molecule has 9 amide bonds. The van der Waals surface area contributed by atoms with Crippen molar-refractivity contribution < 1.29 is 53.0 Å². The summed E-state index contributed by atoms with van der Waals surface area (Å²) >= 11 is 0. The highest BCUT2D eigenvalue weighted by Gasteiger charge is 2.43. The van der Waals surface area contributed by atoms with Gasteiger partial charge >= 0.3 is 6.09 Å². The molecule has 0 radical (unpaired) electrons. The molecule has 2 heterocycles. The molecule has 1 aromatic rings. The Bertz CT molecular complexity index is 1590. The smallest absolute Gasteiger partial charge is 0.410 e. The molecular weight excluding hydrogens is 738 g/mol. The summed E-state index contributed by atoms with van der Waals surface area (Å²) < 4.78 is 5.47. The number of nitrogens with zero attached hydrogens (tertiary/aromatic N) is 4. The second kappa shape index (κ2) is 21.8. The highest BCUT2D eigenvalue weighted by molar-refractivity contribution is 5.96. The van der Waals surface area contributed by atoms with Gasteiger partial charge < -0.3 is 57.3 Å². The number of likely N-dealkylation sites (tertiary alicyclic amines) is 1. The third kappa shape index (κ3) is 15.8. The van der Waals surface area contributed by atoms with E-state index >= 15 is 0 Å². The topological polar surface area (TPSA) is 314 Å². The number of ether oxygens (including phenoxy) is 1. The zero-order valence-corrected chi connectivity index (χ0v) is 32.4. The lowest BCUT2D eigenvalue weighted by molar-refractivity contribution is -0.135. The highest BCUT2D eigenvalue weighted by atomic mass is 16.6. The number of nitrogens with two attached hydrogens (primary N) is 1. The van der Waals surface area contributed by atoms with Crippen LogP contribution in [-0.4, -0.2) is 155 Å². The molecule has 0 aliphatic carbocycles. The second-order valence-electron chi connectivity index (χ2n) is 14.1. The normalized spacial score (nSPS) is 16.6. The average Bonchev–Trinajstić information content (AvgIpc) is 3.56. The Morgan fingerprint density at radius 2 is 1.61 bits per heavy atom. The van der Waals surface area contributed by atoms with Gasteiger partial charge in [0.15, 0.2) is 6.10 Å². The molecule has 1 saturated heterocycles. The van der Waals surface area contributed by atoms with Crippen molar-refractivity contribution in [2.45, 2.75) is 83.2 Å². The van der Waals surface area contributed by atoms with Crippen molar-refractivity contribution in [3.8, 4) is 0 Å². The van der Waals surface area contributed by atoms with Gasteiger partial charge in [0.2, 0.25) is 35.4 Å². The molecule has 310 valence electrons. The molecule has 5 atom stereocenters. The number of carbonyl (C=O) groups excluding carboxylic acids is 9. The maximum atomic E-state index is 13.8. The highest BCUT2D eigenvalue weighted by Crippen LogP contribution is 2.22. The van der Waals surface area contributed by atoms with E-state index in [1.54, 1.807) is 27.7 Å². The van der Waals surface area contributed by atoms with Crippen molar-refractivity contribution in [3.05, 3.63) is 24.3 Å². The van der Waals surface area contributed by atoms with E-state index in [0.29, 0.717) is 6.42 Å². The van der Waals surface area contributed by atoms with E-state index in [4.69, 9.17) is 10.5 Å². The Morgan fingerprint density at radius 3 is 2.20 bits per heavy atom. The number of aliphatic hydroxyl groups excluding tert-OH is 1. The molecular formula is C34H53N11O11. The Labute approximate surface area is 323 Å². The molecule has 2 unspecified atom stereocenters. The molecule has 1 aromatic heterocycles. The van der Waals surface area contributed by atoms with Gasteiger partial charge in [-0.1, -0.05) is 13.3 Å². The van der Waals surface area contributed by atoms with E-state index in [1.165, 1.54) is 42.5 Å². The van der Waals surface area contributed by atoms with Crippen molar-refractivity contribution >= 4 is 53.4 Å². The SMILES string of the molecule is CCC[C@H](NC(=O)[C@@H]1CN(C(=O)OC(C)(C)C)C[C@@H]1NC(=O)C(CCC(N)=O)NC(=O)CNC(=O)c1cnccn1)C(O)C(=O)NCC(=O)NCC(=O)N(C)C. The lowest BCUT2D eigenvalue weighted by Gasteiger charge is -2.27. The first-order chi connectivity index (χ1) is 26.2. The minimum absolute atomic E-state index is 0.0601. The standard InChI is InChI=1S/C34H53N11O11/c1-7-8-20(28(50)32(54)40-14-25(47)38-16-27(49)44(5)6)42-29(51)19-17-45(33(55)56-34(2,3)4)18-23(19)43-31(53)21(9-10-24(35)46)41-26(48)15-39-30(52)22-13-36-11-12-37-22/h11-13,19-21,23,28,50H,7-10,14-18H2,1-6H3,(H2,35,46)(H,38,47)(H,39,52)(H,40,54)(H,41,48)(H,42,51)(H,43,53)/t19-,20+,21?,23+,28?/m1/s1. The van der Waals surface area contributed by atoms with Gasteiger partial charge in [0.1, 0.15) is 17.3 Å². The fraction of sp³-hybridized carbons (Fsp3) is 0.618. The summed E-state index contributed by atoms with van der Waals surface area (Å²) in [5.74, 6) is -7.11. The monoisotopic (exact) mass is 791 g/mol. The van der Waals surface area contributed by atoms with E-state index in [9.17, 15) is 48.3 Å². The van der Waals surface area contributed by atoms with Gasteiger partial charge in [0.25, 0.3) is 11.8 Å².